The summed E-state index contributed by atoms with van der Waals surface area (Å²) in [5.41, 5.74) is 7.08. The fourth-order valence-corrected chi connectivity index (χ4v) is 2.08. The molecule has 21 heavy (non-hydrogen) atoms. The van der Waals surface area contributed by atoms with E-state index in [2.05, 4.69) is 5.32 Å². The first-order chi connectivity index (χ1) is 10.0. The Labute approximate surface area is 127 Å². The van der Waals surface area contributed by atoms with E-state index in [9.17, 15) is 9.90 Å². The number of methoxy groups -OCH3 is 1. The van der Waals surface area contributed by atoms with Crippen molar-refractivity contribution in [1.82, 2.24) is 0 Å². The van der Waals surface area contributed by atoms with Crippen molar-refractivity contribution >= 4 is 23.2 Å². The van der Waals surface area contributed by atoms with E-state index in [1.165, 1.54) is 7.11 Å². The Morgan fingerprint density at radius 1 is 1.33 bits per heavy atom. The number of benzene rings is 2. The first kappa shape index (κ1) is 15.0. The molecule has 5 nitrogen and oxygen atoms in total. The van der Waals surface area contributed by atoms with E-state index in [0.717, 1.165) is 5.56 Å². The van der Waals surface area contributed by atoms with E-state index in [0.29, 0.717) is 23.0 Å². The molecule has 4 N–H and O–H groups in total. The molecule has 0 spiro atoms. The predicted molar refractivity (Wildman–Crippen MR) is 82.0 cm³/mol. The normalized spacial score (nSPS) is 10.2. The zero-order chi connectivity index (χ0) is 15.4. The highest BCUT2D eigenvalue weighted by Gasteiger charge is 2.08. The number of anilines is 1. The minimum Gasteiger partial charge on any atom is -0.504 e. The molecule has 0 aliphatic heterocycles. The van der Waals surface area contributed by atoms with Gasteiger partial charge in [-0.2, -0.15) is 0 Å². The smallest absolute Gasteiger partial charge is 0.250 e. The number of carbonyl (C=O) groups is 1. The maximum absolute atomic E-state index is 11.2. The van der Waals surface area contributed by atoms with Gasteiger partial charge in [-0.15, -0.1) is 0 Å². The van der Waals surface area contributed by atoms with Crippen LogP contribution in [0.1, 0.15) is 15.9 Å². The largest absolute Gasteiger partial charge is 0.504 e. The molecule has 0 aliphatic carbocycles. The van der Waals surface area contributed by atoms with Gasteiger partial charge in [-0.05, 0) is 35.9 Å². The third-order valence-corrected chi connectivity index (χ3v) is 3.30. The molecule has 0 radical (unpaired) electrons. The van der Waals surface area contributed by atoms with Crippen LogP contribution in [0.15, 0.2) is 36.4 Å². The molecule has 0 aromatic heterocycles. The summed E-state index contributed by atoms with van der Waals surface area (Å²) in [7, 11) is 1.49. The fraction of sp³-hybridized carbons (Fsp3) is 0.133. The maximum Gasteiger partial charge on any atom is 0.250 e. The molecular formula is C15H15ClN2O3. The zero-order valence-corrected chi connectivity index (χ0v) is 12.1. The van der Waals surface area contributed by atoms with E-state index in [-0.39, 0.29) is 11.3 Å². The van der Waals surface area contributed by atoms with Crippen molar-refractivity contribution in [2.24, 2.45) is 5.73 Å². The number of carbonyl (C=O) groups excluding carboxylic acids is 1. The second kappa shape index (κ2) is 6.37. The lowest BCUT2D eigenvalue weighted by molar-refractivity contribution is 0.100. The quantitative estimate of drug-likeness (QED) is 0.793. The number of rotatable bonds is 5. The topological polar surface area (TPSA) is 84.6 Å². The van der Waals surface area contributed by atoms with Crippen molar-refractivity contribution in [3.8, 4) is 11.5 Å². The summed E-state index contributed by atoms with van der Waals surface area (Å²) >= 11 is 5.89. The van der Waals surface area contributed by atoms with Gasteiger partial charge in [0, 0.05) is 12.2 Å². The predicted octanol–water partition coefficient (Wildman–Crippen LogP) is 2.77. The summed E-state index contributed by atoms with van der Waals surface area (Å²) in [4.78, 5) is 11.2. The number of hydrogen-bond acceptors (Lipinski definition) is 4. The molecule has 2 aromatic rings. The van der Waals surface area contributed by atoms with Crippen molar-refractivity contribution in [2.75, 3.05) is 12.4 Å². The number of aromatic hydroxyl groups is 1. The van der Waals surface area contributed by atoms with Gasteiger partial charge in [-0.25, -0.2) is 0 Å². The SMILES string of the molecule is COc1ccc(CNc2ccc(Cl)c(C(N)=O)c2)cc1O. The summed E-state index contributed by atoms with van der Waals surface area (Å²) in [5.74, 6) is -0.0854. The summed E-state index contributed by atoms with van der Waals surface area (Å²) in [6.45, 7) is 0.470. The fourth-order valence-electron chi connectivity index (χ4n) is 1.87. The molecule has 0 saturated heterocycles. The third kappa shape index (κ3) is 3.58. The first-order valence-corrected chi connectivity index (χ1v) is 6.58. The molecule has 2 rings (SSSR count). The van der Waals surface area contributed by atoms with Gasteiger partial charge in [-0.3, -0.25) is 4.79 Å². The second-order valence-corrected chi connectivity index (χ2v) is 4.83. The Hall–Kier alpha value is -2.40. The van der Waals surface area contributed by atoms with Gasteiger partial charge in [0.25, 0.3) is 0 Å². The van der Waals surface area contributed by atoms with Gasteiger partial charge >= 0.3 is 0 Å². The van der Waals surface area contributed by atoms with Gasteiger partial charge in [0.15, 0.2) is 11.5 Å². The first-order valence-electron chi connectivity index (χ1n) is 6.20. The number of hydrogen-bond donors (Lipinski definition) is 3. The Bertz CT molecular complexity index is 674. The molecule has 2 aromatic carbocycles. The zero-order valence-electron chi connectivity index (χ0n) is 11.4. The van der Waals surface area contributed by atoms with E-state index in [1.54, 1.807) is 30.3 Å². The second-order valence-electron chi connectivity index (χ2n) is 4.42. The van der Waals surface area contributed by atoms with Crippen LogP contribution in [0.4, 0.5) is 5.69 Å². The van der Waals surface area contributed by atoms with E-state index >= 15 is 0 Å². The van der Waals surface area contributed by atoms with Crippen molar-refractivity contribution in [1.29, 1.82) is 0 Å². The van der Waals surface area contributed by atoms with Gasteiger partial charge in [0.2, 0.25) is 5.91 Å². The Morgan fingerprint density at radius 3 is 2.71 bits per heavy atom. The van der Waals surface area contributed by atoms with Gasteiger partial charge in [-0.1, -0.05) is 17.7 Å². The molecule has 6 heteroatoms. The number of amides is 1. The lowest BCUT2D eigenvalue weighted by atomic mass is 10.1. The van der Waals surface area contributed by atoms with Crippen LogP contribution in [-0.2, 0) is 6.54 Å². The van der Waals surface area contributed by atoms with Crippen LogP contribution in [-0.4, -0.2) is 18.1 Å². The van der Waals surface area contributed by atoms with Crippen molar-refractivity contribution in [3.63, 3.8) is 0 Å². The lowest BCUT2D eigenvalue weighted by Crippen LogP contribution is -2.12. The van der Waals surface area contributed by atoms with Crippen molar-refractivity contribution in [3.05, 3.63) is 52.5 Å². The molecule has 0 bridgehead atoms. The Morgan fingerprint density at radius 2 is 2.10 bits per heavy atom. The Kier molecular flexibility index (Phi) is 4.55. The minimum absolute atomic E-state index is 0.0748. The monoisotopic (exact) mass is 306 g/mol. The molecule has 0 aliphatic rings. The standard InChI is InChI=1S/C15H15ClN2O3/c1-21-14-5-2-9(6-13(14)19)8-18-10-3-4-12(16)11(7-10)15(17)20/h2-7,18-19H,8H2,1H3,(H2,17,20). The summed E-state index contributed by atoms with van der Waals surface area (Å²) in [5, 5.41) is 13.2. The number of nitrogens with one attached hydrogen (secondary N) is 1. The highest BCUT2D eigenvalue weighted by Crippen LogP contribution is 2.27. The van der Waals surface area contributed by atoms with Crippen molar-refractivity contribution in [2.45, 2.75) is 6.54 Å². The van der Waals surface area contributed by atoms with Crippen LogP contribution in [0.5, 0.6) is 11.5 Å². The Balaban J connectivity index is 2.11. The molecule has 0 heterocycles. The number of phenolic OH excluding ortho intramolecular Hbond substituents is 1. The van der Waals surface area contributed by atoms with Gasteiger partial charge in [0.1, 0.15) is 0 Å². The van der Waals surface area contributed by atoms with E-state index in [1.807, 2.05) is 6.07 Å². The average molecular weight is 307 g/mol. The van der Waals surface area contributed by atoms with Crippen LogP contribution in [0.3, 0.4) is 0 Å². The maximum atomic E-state index is 11.2. The average Bonchev–Trinajstić information content (AvgIpc) is 2.46. The van der Waals surface area contributed by atoms with E-state index < -0.39 is 5.91 Å². The molecule has 0 fully saturated rings. The highest BCUT2D eigenvalue weighted by molar-refractivity contribution is 6.33. The molecule has 0 atom stereocenters. The summed E-state index contributed by atoms with van der Waals surface area (Å²) in [6, 6.07) is 10.1. The lowest BCUT2D eigenvalue weighted by Gasteiger charge is -2.10. The number of nitrogens with two attached hydrogens (primary N) is 1. The summed E-state index contributed by atoms with van der Waals surface area (Å²) in [6.07, 6.45) is 0. The number of ether oxygens (including phenoxy) is 1. The van der Waals surface area contributed by atoms with E-state index in [4.69, 9.17) is 22.1 Å². The minimum atomic E-state index is -0.578. The highest BCUT2D eigenvalue weighted by atomic mass is 35.5. The van der Waals surface area contributed by atoms with Crippen LogP contribution >= 0.6 is 11.6 Å². The molecular weight excluding hydrogens is 292 g/mol. The van der Waals surface area contributed by atoms with Crippen LogP contribution in [0, 0.1) is 0 Å². The molecule has 0 unspecified atom stereocenters. The van der Waals surface area contributed by atoms with Gasteiger partial charge < -0.3 is 20.9 Å². The number of primary amides is 1. The third-order valence-electron chi connectivity index (χ3n) is 2.97. The molecule has 1 amide bonds. The summed E-state index contributed by atoms with van der Waals surface area (Å²) < 4.78 is 4.98. The van der Waals surface area contributed by atoms with Crippen LogP contribution in [0.25, 0.3) is 0 Å². The van der Waals surface area contributed by atoms with Gasteiger partial charge in [0.05, 0.1) is 17.7 Å². The van der Waals surface area contributed by atoms with Crippen molar-refractivity contribution < 1.29 is 14.6 Å². The molecule has 0 saturated carbocycles. The number of phenols is 1. The number of halogens is 1. The van der Waals surface area contributed by atoms with Crippen LogP contribution < -0.4 is 15.8 Å². The van der Waals surface area contributed by atoms with Crippen LogP contribution in [0.2, 0.25) is 5.02 Å². The molecule has 110 valence electrons.